The second-order valence-corrected chi connectivity index (χ2v) is 5.51. The summed E-state index contributed by atoms with van der Waals surface area (Å²) in [5.74, 6) is 1.54. The first kappa shape index (κ1) is 14.5. The number of benzene rings is 1. The summed E-state index contributed by atoms with van der Waals surface area (Å²) in [6, 6.07) is 10.5. The Morgan fingerprint density at radius 2 is 2.00 bits per heavy atom. The molecule has 120 valence electrons. The number of fused-ring (bicyclic) bond motifs is 1. The van der Waals surface area contributed by atoms with Crippen LogP contribution in [0.3, 0.4) is 0 Å². The molecule has 1 aromatic carbocycles. The molecule has 0 unspecified atom stereocenters. The monoisotopic (exact) mass is 342 g/mol. The van der Waals surface area contributed by atoms with E-state index in [1.165, 1.54) is 4.63 Å². The van der Waals surface area contributed by atoms with Crippen molar-refractivity contribution >= 4 is 23.1 Å². The zero-order valence-corrected chi connectivity index (χ0v) is 13.2. The Labute approximate surface area is 140 Å². The minimum absolute atomic E-state index is 0.212. The van der Waals surface area contributed by atoms with Crippen molar-refractivity contribution in [1.29, 1.82) is 0 Å². The zero-order valence-electron chi connectivity index (χ0n) is 12.5. The maximum absolute atomic E-state index is 5.88. The molecule has 0 saturated carbocycles. The van der Waals surface area contributed by atoms with E-state index >= 15 is 0 Å². The summed E-state index contributed by atoms with van der Waals surface area (Å²) >= 11 is 5.88. The molecular weight excluding hydrogens is 332 g/mol. The van der Waals surface area contributed by atoms with E-state index in [4.69, 9.17) is 16.1 Å². The van der Waals surface area contributed by atoms with Crippen molar-refractivity contribution in [3.63, 3.8) is 0 Å². The molecule has 24 heavy (non-hydrogen) atoms. The summed E-state index contributed by atoms with van der Waals surface area (Å²) in [6.07, 6.45) is 0. The van der Waals surface area contributed by atoms with Crippen LogP contribution in [0.4, 0.5) is 5.82 Å². The fraction of sp³-hybridized carbons (Fsp3) is 0.143. The van der Waals surface area contributed by atoms with E-state index in [2.05, 4.69) is 36.1 Å². The fourth-order valence-electron chi connectivity index (χ4n) is 2.13. The van der Waals surface area contributed by atoms with E-state index in [0.29, 0.717) is 28.2 Å². The van der Waals surface area contributed by atoms with E-state index in [-0.39, 0.29) is 6.04 Å². The van der Waals surface area contributed by atoms with Gasteiger partial charge >= 0.3 is 0 Å². The first-order chi connectivity index (χ1) is 11.7. The SMILES string of the molecule is C[C@@H](Nc1ccc2nnnn2n1)c1noc(-c2ccc(Cl)cc2)n1. The first-order valence-corrected chi connectivity index (χ1v) is 7.48. The van der Waals surface area contributed by atoms with Gasteiger partial charge in [-0.25, -0.2) is 0 Å². The normalized spacial score (nSPS) is 12.4. The standard InChI is InChI=1S/C14H11ClN8O/c1-8(16-11-6-7-12-18-21-22-23(12)19-11)13-17-14(24-20-13)9-2-4-10(15)5-3-9/h2-8H,1H3,(H,16,19)/t8-/m1/s1. The summed E-state index contributed by atoms with van der Waals surface area (Å²) in [5, 5.41) is 23.2. The Hall–Kier alpha value is -3.07. The van der Waals surface area contributed by atoms with Crippen molar-refractivity contribution in [1.82, 2.24) is 35.4 Å². The molecule has 0 radical (unpaired) electrons. The van der Waals surface area contributed by atoms with E-state index < -0.39 is 0 Å². The van der Waals surface area contributed by atoms with Crippen LogP contribution >= 0.6 is 11.6 Å². The van der Waals surface area contributed by atoms with E-state index in [1.807, 2.05) is 19.1 Å². The summed E-state index contributed by atoms with van der Waals surface area (Å²) in [6.45, 7) is 1.90. The van der Waals surface area contributed by atoms with Gasteiger partial charge in [0.1, 0.15) is 5.82 Å². The minimum Gasteiger partial charge on any atom is -0.359 e. The highest BCUT2D eigenvalue weighted by molar-refractivity contribution is 6.30. The molecule has 0 fully saturated rings. The van der Waals surface area contributed by atoms with Crippen molar-refractivity contribution in [3.05, 3.63) is 47.2 Å². The first-order valence-electron chi connectivity index (χ1n) is 7.10. The van der Waals surface area contributed by atoms with Crippen molar-refractivity contribution in [2.75, 3.05) is 5.32 Å². The maximum atomic E-state index is 5.88. The van der Waals surface area contributed by atoms with Gasteiger partial charge in [0.25, 0.3) is 5.89 Å². The molecule has 0 aliphatic heterocycles. The van der Waals surface area contributed by atoms with E-state index in [1.54, 1.807) is 24.3 Å². The van der Waals surface area contributed by atoms with Gasteiger partial charge in [-0.1, -0.05) is 16.8 Å². The number of tetrazole rings is 1. The summed E-state index contributed by atoms with van der Waals surface area (Å²) in [7, 11) is 0. The van der Waals surface area contributed by atoms with Crippen LogP contribution in [0.5, 0.6) is 0 Å². The minimum atomic E-state index is -0.212. The highest BCUT2D eigenvalue weighted by Crippen LogP contribution is 2.22. The van der Waals surface area contributed by atoms with E-state index in [0.717, 1.165) is 5.56 Å². The number of rotatable bonds is 4. The Bertz CT molecular complexity index is 980. The van der Waals surface area contributed by atoms with Gasteiger partial charge in [0.05, 0.1) is 6.04 Å². The van der Waals surface area contributed by atoms with Crippen molar-refractivity contribution in [2.45, 2.75) is 13.0 Å². The predicted octanol–water partition coefficient (Wildman–Crippen LogP) is 2.40. The van der Waals surface area contributed by atoms with Gasteiger partial charge in [-0.15, -0.1) is 14.8 Å². The highest BCUT2D eigenvalue weighted by Gasteiger charge is 2.15. The van der Waals surface area contributed by atoms with Crippen molar-refractivity contribution < 1.29 is 4.52 Å². The van der Waals surface area contributed by atoms with Gasteiger partial charge in [-0.2, -0.15) is 4.98 Å². The molecule has 4 rings (SSSR count). The van der Waals surface area contributed by atoms with Crippen LogP contribution in [0.2, 0.25) is 5.02 Å². The molecule has 0 saturated heterocycles. The number of halogens is 1. The topological polar surface area (TPSA) is 107 Å². The van der Waals surface area contributed by atoms with Crippen LogP contribution in [0.15, 0.2) is 40.9 Å². The number of aromatic nitrogens is 7. The molecule has 0 bridgehead atoms. The Morgan fingerprint density at radius 3 is 2.83 bits per heavy atom. The third-order valence-electron chi connectivity index (χ3n) is 3.35. The number of anilines is 1. The zero-order chi connectivity index (χ0) is 16.5. The van der Waals surface area contributed by atoms with Crippen molar-refractivity contribution in [3.8, 4) is 11.5 Å². The molecule has 0 aliphatic rings. The number of hydrogen-bond donors (Lipinski definition) is 1. The van der Waals surface area contributed by atoms with E-state index in [9.17, 15) is 0 Å². The van der Waals surface area contributed by atoms with Crippen LogP contribution in [0.25, 0.3) is 17.1 Å². The molecule has 1 atom stereocenters. The summed E-state index contributed by atoms with van der Waals surface area (Å²) in [4.78, 5) is 4.40. The lowest BCUT2D eigenvalue weighted by molar-refractivity contribution is 0.419. The molecule has 4 aromatic rings. The van der Waals surface area contributed by atoms with Gasteiger partial charge in [0.15, 0.2) is 11.5 Å². The van der Waals surface area contributed by atoms with Crippen LogP contribution in [0.1, 0.15) is 18.8 Å². The van der Waals surface area contributed by atoms with Gasteiger partial charge in [-0.3, -0.25) is 0 Å². The molecule has 1 N–H and O–H groups in total. The fourth-order valence-corrected chi connectivity index (χ4v) is 2.26. The number of nitrogens with zero attached hydrogens (tertiary/aromatic N) is 7. The van der Waals surface area contributed by atoms with Crippen LogP contribution in [-0.2, 0) is 0 Å². The molecule has 0 aliphatic carbocycles. The molecule has 10 heteroatoms. The van der Waals surface area contributed by atoms with Gasteiger partial charge in [0.2, 0.25) is 0 Å². The molecule has 0 amide bonds. The number of hydrogen-bond acceptors (Lipinski definition) is 8. The quantitative estimate of drug-likeness (QED) is 0.602. The second-order valence-electron chi connectivity index (χ2n) is 5.08. The number of nitrogens with one attached hydrogen (secondary N) is 1. The van der Waals surface area contributed by atoms with Crippen molar-refractivity contribution in [2.24, 2.45) is 0 Å². The summed E-state index contributed by atoms with van der Waals surface area (Å²) < 4.78 is 6.64. The van der Waals surface area contributed by atoms with Gasteiger partial charge in [0, 0.05) is 10.6 Å². The third-order valence-corrected chi connectivity index (χ3v) is 3.61. The molecular formula is C14H11ClN8O. The Morgan fingerprint density at radius 1 is 1.17 bits per heavy atom. The molecule has 3 heterocycles. The van der Waals surface area contributed by atoms with Crippen LogP contribution in [-0.4, -0.2) is 35.4 Å². The lowest BCUT2D eigenvalue weighted by atomic mass is 10.2. The lowest BCUT2D eigenvalue weighted by Gasteiger charge is -2.09. The Balaban J connectivity index is 1.54. The second kappa shape index (κ2) is 5.85. The molecule has 0 spiro atoms. The Kier molecular flexibility index (Phi) is 3.54. The maximum Gasteiger partial charge on any atom is 0.257 e. The highest BCUT2D eigenvalue weighted by atomic mass is 35.5. The summed E-state index contributed by atoms with van der Waals surface area (Å²) in [5.41, 5.74) is 1.37. The largest absolute Gasteiger partial charge is 0.359 e. The third kappa shape index (κ3) is 2.76. The van der Waals surface area contributed by atoms with Crippen LogP contribution < -0.4 is 5.32 Å². The smallest absolute Gasteiger partial charge is 0.257 e. The molecule has 3 aromatic heterocycles. The average Bonchev–Trinajstić information content (AvgIpc) is 3.24. The lowest BCUT2D eigenvalue weighted by Crippen LogP contribution is -2.11. The predicted molar refractivity (Wildman–Crippen MR) is 85.4 cm³/mol. The van der Waals surface area contributed by atoms with Gasteiger partial charge in [-0.05, 0) is 53.7 Å². The van der Waals surface area contributed by atoms with Crippen LogP contribution in [0, 0.1) is 0 Å². The molecule has 9 nitrogen and oxygen atoms in total. The average molecular weight is 343 g/mol. The van der Waals surface area contributed by atoms with Gasteiger partial charge < -0.3 is 9.84 Å².